The van der Waals surface area contributed by atoms with Gasteiger partial charge in [0.1, 0.15) is 5.75 Å². The molecule has 2 N–H and O–H groups in total. The van der Waals surface area contributed by atoms with Crippen molar-refractivity contribution in [1.82, 2.24) is 10.2 Å². The topological polar surface area (TPSA) is 78.9 Å². The van der Waals surface area contributed by atoms with E-state index in [9.17, 15) is 35.9 Å². The zero-order valence-corrected chi connectivity index (χ0v) is 24.0. The Hall–Kier alpha value is -4.19. The van der Waals surface area contributed by atoms with Gasteiger partial charge in [-0.3, -0.25) is 4.79 Å². The average Bonchev–Trinajstić information content (AvgIpc) is 2.95. The lowest BCUT2D eigenvalue weighted by molar-refractivity contribution is -0.143. The third-order valence-electron chi connectivity index (χ3n) is 6.00. The summed E-state index contributed by atoms with van der Waals surface area (Å²) >= 11 is 5.84. The van der Waals surface area contributed by atoms with E-state index in [0.29, 0.717) is 30.1 Å². The molecule has 6 nitrogen and oxygen atoms in total. The minimum atomic E-state index is -5.03. The number of carbonyl (C=O) groups is 2. The molecule has 13 heteroatoms. The molecule has 1 unspecified atom stereocenters. The van der Waals surface area contributed by atoms with Gasteiger partial charge in [-0.25, -0.2) is 4.79 Å². The number of hydrogen-bond acceptors (Lipinski definition) is 3. The van der Waals surface area contributed by atoms with Gasteiger partial charge in [0, 0.05) is 24.2 Å². The first-order valence-electron chi connectivity index (χ1n) is 12.6. The van der Waals surface area contributed by atoms with E-state index >= 15 is 0 Å². The zero-order valence-electron chi connectivity index (χ0n) is 23.3. The molecule has 0 spiro atoms. The molecule has 0 aliphatic carbocycles. The first kappa shape index (κ1) is 35.0. The van der Waals surface area contributed by atoms with E-state index in [1.807, 2.05) is 18.2 Å². The first-order chi connectivity index (χ1) is 20.0. The monoisotopic (exact) mass is 630 g/mol. The molecular weight excluding hydrogens is 602 g/mol. The molecule has 2 amide bonds. The Labute approximate surface area is 249 Å². The Balaban J connectivity index is 0.000000413. The van der Waals surface area contributed by atoms with Crippen molar-refractivity contribution in [1.29, 1.82) is 0 Å². The molecule has 0 radical (unpaired) electrons. The lowest BCUT2D eigenvalue weighted by Crippen LogP contribution is -2.37. The van der Waals surface area contributed by atoms with Gasteiger partial charge in [0.25, 0.3) is 5.91 Å². The van der Waals surface area contributed by atoms with Gasteiger partial charge in [0.15, 0.2) is 0 Å². The minimum absolute atomic E-state index is 0.00603. The molecule has 0 saturated carbocycles. The van der Waals surface area contributed by atoms with Crippen LogP contribution in [-0.2, 0) is 25.3 Å². The fourth-order valence-electron chi connectivity index (χ4n) is 3.81. The number of amides is 2. The number of allylic oxidation sites excluding steroid dienone is 1. The van der Waals surface area contributed by atoms with Crippen LogP contribution in [0.15, 0.2) is 78.9 Å². The summed E-state index contributed by atoms with van der Waals surface area (Å²) in [7, 11) is 2.90. The molecule has 0 aliphatic rings. The summed E-state index contributed by atoms with van der Waals surface area (Å²) in [5.74, 6) is -0.228. The van der Waals surface area contributed by atoms with Crippen LogP contribution in [0.2, 0.25) is 5.02 Å². The summed E-state index contributed by atoms with van der Waals surface area (Å²) in [5.41, 5.74) is -2.09. The quantitative estimate of drug-likeness (QED) is 0.195. The van der Waals surface area contributed by atoms with Gasteiger partial charge in [-0.1, -0.05) is 48.0 Å². The number of carbonyl (C=O) groups excluding carboxylic acids is 1. The number of halogens is 7. The number of methoxy groups -OCH3 is 1. The van der Waals surface area contributed by atoms with E-state index in [4.69, 9.17) is 21.4 Å². The number of benzene rings is 3. The molecular formula is C30H29ClF6N2O4. The molecule has 0 bridgehead atoms. The Kier molecular flexibility index (Phi) is 12.5. The summed E-state index contributed by atoms with van der Waals surface area (Å²) in [4.78, 5) is 24.1. The summed E-state index contributed by atoms with van der Waals surface area (Å²) in [6.07, 6.45) is -7.48. The van der Waals surface area contributed by atoms with Crippen molar-refractivity contribution >= 4 is 23.6 Å². The maximum absolute atomic E-state index is 13.1. The third-order valence-corrected chi connectivity index (χ3v) is 6.25. The number of nitrogens with one attached hydrogen (secondary N) is 1. The molecule has 3 aromatic rings. The fourth-order valence-corrected chi connectivity index (χ4v) is 3.94. The van der Waals surface area contributed by atoms with E-state index in [1.165, 1.54) is 7.05 Å². The van der Waals surface area contributed by atoms with Crippen LogP contribution >= 0.6 is 11.6 Å². The predicted octanol–water partition coefficient (Wildman–Crippen LogP) is 8.10. The van der Waals surface area contributed by atoms with E-state index in [2.05, 4.69) is 5.32 Å². The van der Waals surface area contributed by atoms with Gasteiger partial charge in [-0.2, -0.15) is 26.3 Å². The first-order valence-corrected chi connectivity index (χ1v) is 13.0. The van der Waals surface area contributed by atoms with Gasteiger partial charge >= 0.3 is 18.4 Å². The second kappa shape index (κ2) is 15.3. The molecule has 1 atom stereocenters. The molecule has 0 fully saturated rings. The molecule has 3 aromatic carbocycles. The van der Waals surface area contributed by atoms with Crippen molar-refractivity contribution in [3.8, 4) is 5.75 Å². The van der Waals surface area contributed by atoms with Crippen molar-refractivity contribution in [3.05, 3.63) is 112 Å². The van der Waals surface area contributed by atoms with E-state index in [0.717, 1.165) is 21.8 Å². The van der Waals surface area contributed by atoms with Crippen LogP contribution in [0.25, 0.3) is 0 Å². The van der Waals surface area contributed by atoms with Gasteiger partial charge < -0.3 is 20.1 Å². The minimum Gasteiger partial charge on any atom is -0.497 e. The highest BCUT2D eigenvalue weighted by atomic mass is 35.5. The smallest absolute Gasteiger partial charge is 0.416 e. The van der Waals surface area contributed by atoms with Crippen LogP contribution in [0.5, 0.6) is 5.75 Å². The normalized spacial score (nSPS) is 12.2. The van der Waals surface area contributed by atoms with Crippen molar-refractivity contribution in [2.75, 3.05) is 14.2 Å². The van der Waals surface area contributed by atoms with Crippen LogP contribution < -0.4 is 10.1 Å². The second-order valence-electron chi connectivity index (χ2n) is 9.14. The van der Waals surface area contributed by atoms with Gasteiger partial charge in [-0.15, -0.1) is 0 Å². The standard InChI is InChI=1S/C21H18ClF6NO.C9H11NO3/c1-3-4-18(9-13-5-7-17(22)8-6-13)29(2)19(30)14-10-15(20(23,24)25)12-16(11-14)21(26,27)28;1-13-8-4-2-3-7(5-8)6-10-9(11)12/h3-8,10-12,18H,9H2,1-2H3;2-5,10H,6H2,1H3,(H,11,12). The number of nitrogens with zero attached hydrogens (tertiary/aromatic N) is 1. The maximum Gasteiger partial charge on any atom is 0.416 e. The van der Waals surface area contributed by atoms with Crippen molar-refractivity contribution < 1.29 is 45.8 Å². The lowest BCUT2D eigenvalue weighted by Gasteiger charge is -2.27. The summed E-state index contributed by atoms with van der Waals surface area (Å²) in [5, 5.41) is 11.1. The molecule has 232 valence electrons. The molecule has 43 heavy (non-hydrogen) atoms. The highest BCUT2D eigenvalue weighted by Crippen LogP contribution is 2.36. The molecule has 3 rings (SSSR count). The largest absolute Gasteiger partial charge is 0.497 e. The van der Waals surface area contributed by atoms with Gasteiger partial charge in [0.2, 0.25) is 0 Å². The molecule has 0 aromatic heterocycles. The molecule has 0 heterocycles. The number of rotatable bonds is 8. The number of ether oxygens (including phenoxy) is 1. The highest BCUT2D eigenvalue weighted by molar-refractivity contribution is 6.30. The maximum atomic E-state index is 13.1. The number of carboxylic acid groups (broad SMARTS) is 1. The number of likely N-dealkylation sites (N-methyl/N-ethyl adjacent to an activating group) is 1. The fraction of sp³-hybridized carbons (Fsp3) is 0.267. The predicted molar refractivity (Wildman–Crippen MR) is 150 cm³/mol. The Morgan fingerprint density at radius 3 is 2.02 bits per heavy atom. The van der Waals surface area contributed by atoms with Crippen LogP contribution in [0.3, 0.4) is 0 Å². The van der Waals surface area contributed by atoms with Crippen molar-refractivity contribution in [2.24, 2.45) is 0 Å². The van der Waals surface area contributed by atoms with Crippen molar-refractivity contribution in [2.45, 2.75) is 38.3 Å². The summed E-state index contributed by atoms with van der Waals surface area (Å²) < 4.78 is 83.5. The Morgan fingerprint density at radius 2 is 1.53 bits per heavy atom. The van der Waals surface area contributed by atoms with Crippen LogP contribution in [-0.4, -0.2) is 42.2 Å². The van der Waals surface area contributed by atoms with E-state index in [-0.39, 0.29) is 6.07 Å². The summed E-state index contributed by atoms with van der Waals surface area (Å²) in [6.45, 7) is 1.99. The number of hydrogen-bond donors (Lipinski definition) is 2. The van der Waals surface area contributed by atoms with E-state index in [1.54, 1.807) is 56.5 Å². The average molecular weight is 631 g/mol. The Bertz CT molecular complexity index is 1380. The summed E-state index contributed by atoms with van der Waals surface area (Å²) in [6, 6.07) is 14.3. The van der Waals surface area contributed by atoms with Gasteiger partial charge in [-0.05, 0) is 66.9 Å². The second-order valence-corrected chi connectivity index (χ2v) is 9.58. The highest BCUT2D eigenvalue weighted by Gasteiger charge is 2.38. The molecule has 0 aliphatic heterocycles. The lowest BCUT2D eigenvalue weighted by atomic mass is 10.0. The van der Waals surface area contributed by atoms with Crippen molar-refractivity contribution in [3.63, 3.8) is 0 Å². The zero-order chi connectivity index (χ0) is 32.4. The van der Waals surface area contributed by atoms with Gasteiger partial charge in [0.05, 0.1) is 24.3 Å². The Morgan fingerprint density at radius 1 is 0.953 bits per heavy atom. The van der Waals surface area contributed by atoms with Crippen LogP contribution in [0.4, 0.5) is 31.1 Å². The SMILES string of the molecule is CC=CC(Cc1ccc(Cl)cc1)N(C)C(=O)c1cc(C(F)(F)F)cc(C(F)(F)F)c1.COc1cccc(CNC(=O)O)c1. The third kappa shape index (κ3) is 11.2. The van der Waals surface area contributed by atoms with E-state index < -0.39 is 47.1 Å². The molecule has 0 saturated heterocycles. The number of alkyl halides is 6. The van der Waals surface area contributed by atoms with Crippen LogP contribution in [0, 0.1) is 0 Å². The van der Waals surface area contributed by atoms with Crippen LogP contribution in [0.1, 0.15) is 39.5 Å².